The zero-order valence-corrected chi connectivity index (χ0v) is 28.7. The highest BCUT2D eigenvalue weighted by atomic mass is 32.2. The molecule has 0 atom stereocenters. The van der Waals surface area contributed by atoms with Gasteiger partial charge in [0.2, 0.25) is 0 Å². The van der Waals surface area contributed by atoms with Gasteiger partial charge in [-0.1, -0.05) is 121 Å². The number of nitrogens with zero attached hydrogens (tertiary/aromatic N) is 2. The van der Waals surface area contributed by atoms with Crippen LogP contribution in [-0.2, 0) is 25.0 Å². The van der Waals surface area contributed by atoms with Gasteiger partial charge in [0, 0.05) is 27.7 Å². The average Bonchev–Trinajstić information content (AvgIpc) is 3.57. The van der Waals surface area contributed by atoms with Gasteiger partial charge in [-0.05, 0) is 124 Å². The molecule has 0 bridgehead atoms. The molecule has 7 aromatic rings. The first kappa shape index (κ1) is 30.4. The van der Waals surface area contributed by atoms with Gasteiger partial charge in [-0.3, -0.25) is 4.99 Å². The van der Waals surface area contributed by atoms with Crippen LogP contribution in [0.2, 0.25) is 0 Å². The smallest absolute Gasteiger partial charge is 0.0796 e. The molecule has 0 unspecified atom stereocenters. The lowest BCUT2D eigenvalue weighted by Crippen LogP contribution is -2.15. The van der Waals surface area contributed by atoms with Crippen LogP contribution in [0.1, 0.15) is 27.8 Å². The first-order valence-corrected chi connectivity index (χ1v) is 18.3. The minimum Gasteiger partial charge on any atom is -0.310 e. The summed E-state index contributed by atoms with van der Waals surface area (Å²) in [4.78, 5) is 8.26. The van der Waals surface area contributed by atoms with Crippen molar-refractivity contribution in [3.8, 4) is 33.4 Å². The SMILES string of the molecule is C=Nc1c(SCc2ccccc2)ccc2c1CCc1c-2cccc1N(c1ccccc1)c1cccc(-c2cccc3c2Cc2ccccc2-3)c1. The van der Waals surface area contributed by atoms with Crippen LogP contribution in [0.25, 0.3) is 33.4 Å². The summed E-state index contributed by atoms with van der Waals surface area (Å²) in [7, 11) is 0. The third-order valence-electron chi connectivity index (χ3n) is 10.2. The Morgan fingerprint density at radius 1 is 0.540 bits per heavy atom. The number of aliphatic imine (C=N–C) groups is 1. The molecule has 2 nitrogen and oxygen atoms in total. The molecule has 50 heavy (non-hydrogen) atoms. The standard InChI is InChI=1S/C47H36N2S/c1-48-47-43-26-25-42-40(41(43)27-28-46(47)50-31-32-13-4-2-5-14-32)23-12-24-45(42)49(35-17-6-3-7-18-35)36-19-10-16-33(29-36)38-21-11-22-39-37-20-9-8-15-34(37)30-44(38)39/h2-24,27-29H,1,25-26,30-31H2. The van der Waals surface area contributed by atoms with E-state index in [0.717, 1.165) is 42.1 Å². The van der Waals surface area contributed by atoms with E-state index in [-0.39, 0.29) is 0 Å². The van der Waals surface area contributed by atoms with Crippen LogP contribution in [-0.4, -0.2) is 6.72 Å². The van der Waals surface area contributed by atoms with Gasteiger partial charge in [0.25, 0.3) is 0 Å². The van der Waals surface area contributed by atoms with Crippen molar-refractivity contribution in [2.45, 2.75) is 29.9 Å². The van der Waals surface area contributed by atoms with E-state index >= 15 is 0 Å². The van der Waals surface area contributed by atoms with E-state index in [2.05, 4.69) is 174 Å². The summed E-state index contributed by atoms with van der Waals surface area (Å²) in [6.45, 7) is 4.03. The van der Waals surface area contributed by atoms with Gasteiger partial charge in [0.05, 0.1) is 5.69 Å². The molecule has 2 aliphatic rings. The average molecular weight is 661 g/mol. The van der Waals surface area contributed by atoms with E-state index in [1.54, 1.807) is 0 Å². The number of hydrogen-bond acceptors (Lipinski definition) is 3. The van der Waals surface area contributed by atoms with Crippen LogP contribution in [0.4, 0.5) is 22.7 Å². The highest BCUT2D eigenvalue weighted by Crippen LogP contribution is 2.48. The molecule has 0 aromatic heterocycles. The zero-order chi connectivity index (χ0) is 33.4. The Kier molecular flexibility index (Phi) is 7.91. The van der Waals surface area contributed by atoms with Crippen molar-refractivity contribution >= 4 is 41.2 Å². The number of fused-ring (bicyclic) bond motifs is 6. The van der Waals surface area contributed by atoms with E-state index < -0.39 is 0 Å². The monoisotopic (exact) mass is 660 g/mol. The van der Waals surface area contributed by atoms with Crippen molar-refractivity contribution < 1.29 is 0 Å². The number of rotatable bonds is 8. The van der Waals surface area contributed by atoms with Crippen molar-refractivity contribution in [3.05, 3.63) is 186 Å². The quantitative estimate of drug-likeness (QED) is 0.119. The molecule has 0 radical (unpaired) electrons. The number of thioether (sulfide) groups is 1. The first-order chi connectivity index (χ1) is 24.8. The minimum atomic E-state index is 0.909. The summed E-state index contributed by atoms with van der Waals surface area (Å²) in [5, 5.41) is 0. The lowest BCUT2D eigenvalue weighted by Gasteiger charge is -2.31. The molecule has 0 spiro atoms. The molecule has 0 saturated carbocycles. The van der Waals surface area contributed by atoms with Gasteiger partial charge < -0.3 is 4.90 Å². The molecular formula is C47H36N2S. The Hall–Kier alpha value is -5.64. The van der Waals surface area contributed by atoms with Crippen molar-refractivity contribution in [1.82, 2.24) is 0 Å². The Morgan fingerprint density at radius 2 is 1.18 bits per heavy atom. The van der Waals surface area contributed by atoms with Gasteiger partial charge in [-0.2, -0.15) is 0 Å². The van der Waals surface area contributed by atoms with Crippen LogP contribution in [0, 0.1) is 0 Å². The van der Waals surface area contributed by atoms with Gasteiger partial charge in [-0.25, -0.2) is 0 Å². The highest BCUT2D eigenvalue weighted by Gasteiger charge is 2.26. The summed E-state index contributed by atoms with van der Waals surface area (Å²) in [5.74, 6) is 0.909. The van der Waals surface area contributed by atoms with Gasteiger partial charge >= 0.3 is 0 Å². The molecule has 0 aliphatic heterocycles. The van der Waals surface area contributed by atoms with Gasteiger partial charge in [-0.15, -0.1) is 11.8 Å². The number of anilines is 3. The molecule has 3 heteroatoms. The maximum Gasteiger partial charge on any atom is 0.0796 e. The second-order valence-corrected chi connectivity index (χ2v) is 14.1. The number of hydrogen-bond donors (Lipinski definition) is 0. The fourth-order valence-corrected chi connectivity index (χ4v) is 8.94. The normalized spacial score (nSPS) is 12.4. The number of para-hydroxylation sites is 1. The first-order valence-electron chi connectivity index (χ1n) is 17.3. The van der Waals surface area contributed by atoms with E-state index in [9.17, 15) is 0 Å². The molecule has 240 valence electrons. The summed E-state index contributed by atoms with van der Waals surface area (Å²) in [6, 6.07) is 57.5. The maximum atomic E-state index is 4.62. The second kappa shape index (κ2) is 13.0. The zero-order valence-electron chi connectivity index (χ0n) is 27.8. The summed E-state index contributed by atoms with van der Waals surface area (Å²) >= 11 is 1.84. The van der Waals surface area contributed by atoms with Crippen molar-refractivity contribution in [2.75, 3.05) is 4.90 Å². The van der Waals surface area contributed by atoms with Crippen LogP contribution >= 0.6 is 11.8 Å². The van der Waals surface area contributed by atoms with Crippen LogP contribution in [0.15, 0.2) is 168 Å². The van der Waals surface area contributed by atoms with Crippen LogP contribution in [0.3, 0.4) is 0 Å². The van der Waals surface area contributed by atoms with E-state index in [4.69, 9.17) is 0 Å². The molecule has 0 saturated heterocycles. The molecular weight excluding hydrogens is 625 g/mol. The minimum absolute atomic E-state index is 0.909. The molecule has 2 aliphatic carbocycles. The molecule has 0 N–H and O–H groups in total. The van der Waals surface area contributed by atoms with Crippen molar-refractivity contribution in [3.63, 3.8) is 0 Å². The van der Waals surface area contributed by atoms with Crippen LogP contribution < -0.4 is 4.90 Å². The molecule has 0 heterocycles. The maximum absolute atomic E-state index is 4.62. The second-order valence-electron chi connectivity index (χ2n) is 13.1. The molecule has 9 rings (SSSR count). The van der Waals surface area contributed by atoms with Crippen molar-refractivity contribution in [2.24, 2.45) is 4.99 Å². The highest BCUT2D eigenvalue weighted by molar-refractivity contribution is 7.98. The van der Waals surface area contributed by atoms with Gasteiger partial charge in [0.15, 0.2) is 0 Å². The van der Waals surface area contributed by atoms with Crippen molar-refractivity contribution in [1.29, 1.82) is 0 Å². The Labute approximate surface area is 298 Å². The fourth-order valence-electron chi connectivity index (χ4n) is 7.94. The Morgan fingerprint density at radius 3 is 2.02 bits per heavy atom. The summed E-state index contributed by atoms with van der Waals surface area (Å²) in [5.41, 5.74) is 19.2. The van der Waals surface area contributed by atoms with E-state index in [1.165, 1.54) is 71.8 Å². The Bertz CT molecular complexity index is 2380. The molecule has 0 fully saturated rings. The molecule has 7 aromatic carbocycles. The lowest BCUT2D eigenvalue weighted by molar-refractivity contribution is 0.933. The Balaban J connectivity index is 1.13. The predicted octanol–water partition coefficient (Wildman–Crippen LogP) is 12.8. The third kappa shape index (κ3) is 5.35. The van der Waals surface area contributed by atoms with E-state index in [0.29, 0.717) is 0 Å². The predicted molar refractivity (Wildman–Crippen MR) is 213 cm³/mol. The van der Waals surface area contributed by atoms with Gasteiger partial charge in [0.1, 0.15) is 0 Å². The van der Waals surface area contributed by atoms with Crippen LogP contribution in [0.5, 0.6) is 0 Å². The summed E-state index contributed by atoms with van der Waals surface area (Å²) in [6.07, 6.45) is 2.82. The van der Waals surface area contributed by atoms with E-state index in [1.807, 2.05) is 11.8 Å². The fraction of sp³-hybridized carbons (Fsp3) is 0.0851. The summed E-state index contributed by atoms with van der Waals surface area (Å²) < 4.78 is 0. The molecule has 0 amide bonds. The third-order valence-corrected chi connectivity index (χ3v) is 11.3. The largest absolute Gasteiger partial charge is 0.310 e. The number of benzene rings is 7. The topological polar surface area (TPSA) is 15.6 Å². The lowest BCUT2D eigenvalue weighted by atomic mass is 9.83.